The fourth-order valence-corrected chi connectivity index (χ4v) is 2.28. The first-order valence-corrected chi connectivity index (χ1v) is 7.31. The van der Waals surface area contributed by atoms with Crippen molar-refractivity contribution in [1.29, 1.82) is 0 Å². The minimum atomic E-state index is -0.407. The molecular weight excluding hydrogens is 306 g/mol. The number of rotatable bonds is 5. The van der Waals surface area contributed by atoms with E-state index in [0.717, 1.165) is 0 Å². The molecule has 5 heteroatoms. The molecular formula is C19H15NO4. The Hall–Kier alpha value is -3.34. The molecule has 0 saturated heterocycles. The molecule has 1 heterocycles. The zero-order chi connectivity index (χ0) is 16.9. The maximum atomic E-state index is 12.7. The molecule has 0 fully saturated rings. The van der Waals surface area contributed by atoms with Crippen molar-refractivity contribution in [3.8, 4) is 5.75 Å². The molecule has 0 spiro atoms. The normalized spacial score (nSPS) is 10.2. The molecule has 0 radical (unpaired) electrons. The first-order chi connectivity index (χ1) is 11.7. The zero-order valence-electron chi connectivity index (χ0n) is 13.0. The van der Waals surface area contributed by atoms with Gasteiger partial charge < -0.3 is 14.5 Å². The van der Waals surface area contributed by atoms with E-state index in [1.165, 1.54) is 6.26 Å². The lowest BCUT2D eigenvalue weighted by molar-refractivity contribution is 0.0996. The summed E-state index contributed by atoms with van der Waals surface area (Å²) in [4.78, 5) is 24.9. The van der Waals surface area contributed by atoms with Gasteiger partial charge in [-0.05, 0) is 48.5 Å². The Labute approximate surface area is 138 Å². The van der Waals surface area contributed by atoms with Crippen molar-refractivity contribution < 1.29 is 18.7 Å². The minimum Gasteiger partial charge on any atom is -0.497 e. The molecule has 24 heavy (non-hydrogen) atoms. The summed E-state index contributed by atoms with van der Waals surface area (Å²) < 4.78 is 10.2. The van der Waals surface area contributed by atoms with Crippen LogP contribution in [0.25, 0.3) is 0 Å². The first kappa shape index (κ1) is 15.6. The van der Waals surface area contributed by atoms with E-state index >= 15 is 0 Å². The molecule has 1 aromatic heterocycles. The summed E-state index contributed by atoms with van der Waals surface area (Å²) in [5.74, 6) is 0.260. The highest BCUT2D eigenvalue weighted by molar-refractivity contribution is 6.15. The largest absolute Gasteiger partial charge is 0.497 e. The van der Waals surface area contributed by atoms with Crippen molar-refractivity contribution in [2.24, 2.45) is 0 Å². The summed E-state index contributed by atoms with van der Waals surface area (Å²) in [6.45, 7) is 0. The van der Waals surface area contributed by atoms with Crippen molar-refractivity contribution >= 4 is 17.4 Å². The van der Waals surface area contributed by atoms with Gasteiger partial charge in [0.15, 0.2) is 11.5 Å². The van der Waals surface area contributed by atoms with Gasteiger partial charge in [0, 0.05) is 11.1 Å². The van der Waals surface area contributed by atoms with Gasteiger partial charge in [0.25, 0.3) is 5.91 Å². The van der Waals surface area contributed by atoms with Gasteiger partial charge in [-0.3, -0.25) is 9.59 Å². The molecule has 0 atom stereocenters. The van der Waals surface area contributed by atoms with Crippen molar-refractivity contribution in [2.75, 3.05) is 12.4 Å². The molecule has 120 valence electrons. The van der Waals surface area contributed by atoms with E-state index in [4.69, 9.17) is 9.15 Å². The first-order valence-electron chi connectivity index (χ1n) is 7.31. The van der Waals surface area contributed by atoms with Gasteiger partial charge in [-0.1, -0.05) is 12.1 Å². The number of carbonyl (C=O) groups is 2. The lowest BCUT2D eigenvalue weighted by Gasteiger charge is -2.10. The Morgan fingerprint density at radius 1 is 0.958 bits per heavy atom. The van der Waals surface area contributed by atoms with E-state index in [9.17, 15) is 9.59 Å². The number of furan rings is 1. The quantitative estimate of drug-likeness (QED) is 0.726. The number of methoxy groups -OCH3 is 1. The molecule has 1 N–H and O–H groups in total. The number of nitrogens with one attached hydrogen (secondary N) is 1. The minimum absolute atomic E-state index is 0.182. The zero-order valence-corrected chi connectivity index (χ0v) is 13.0. The van der Waals surface area contributed by atoms with Crippen LogP contribution in [0.15, 0.2) is 71.3 Å². The van der Waals surface area contributed by atoms with E-state index in [0.29, 0.717) is 22.6 Å². The Balaban J connectivity index is 1.87. The third kappa shape index (κ3) is 3.20. The average Bonchev–Trinajstić information content (AvgIpc) is 3.16. The van der Waals surface area contributed by atoms with E-state index in [-0.39, 0.29) is 11.5 Å². The number of carbonyl (C=O) groups excluding carboxylic acids is 2. The predicted octanol–water partition coefficient (Wildman–Crippen LogP) is 3.77. The molecule has 0 bridgehead atoms. The Morgan fingerprint density at radius 3 is 2.38 bits per heavy atom. The third-order valence-electron chi connectivity index (χ3n) is 3.52. The van der Waals surface area contributed by atoms with Gasteiger partial charge in [-0.2, -0.15) is 0 Å². The molecule has 0 saturated carbocycles. The number of anilines is 1. The third-order valence-corrected chi connectivity index (χ3v) is 3.52. The lowest BCUT2D eigenvalue weighted by atomic mass is 10.0. The highest BCUT2D eigenvalue weighted by Crippen LogP contribution is 2.21. The highest BCUT2D eigenvalue weighted by atomic mass is 16.5. The van der Waals surface area contributed by atoms with Gasteiger partial charge >= 0.3 is 0 Å². The van der Waals surface area contributed by atoms with Crippen LogP contribution in [0.2, 0.25) is 0 Å². The number of amides is 1. The summed E-state index contributed by atoms with van der Waals surface area (Å²) >= 11 is 0. The van der Waals surface area contributed by atoms with Crippen LogP contribution < -0.4 is 10.1 Å². The molecule has 3 rings (SSSR count). The summed E-state index contributed by atoms with van der Waals surface area (Å²) in [5.41, 5.74) is 1.35. The van der Waals surface area contributed by atoms with Gasteiger partial charge in [-0.25, -0.2) is 0 Å². The Bertz CT molecular complexity index is 851. The fraction of sp³-hybridized carbons (Fsp3) is 0.0526. The maximum absolute atomic E-state index is 12.7. The molecule has 0 aliphatic rings. The smallest absolute Gasteiger partial charge is 0.291 e. The van der Waals surface area contributed by atoms with Crippen LogP contribution in [-0.2, 0) is 0 Å². The van der Waals surface area contributed by atoms with Crippen LogP contribution in [-0.4, -0.2) is 18.8 Å². The maximum Gasteiger partial charge on any atom is 0.291 e. The summed E-state index contributed by atoms with van der Waals surface area (Å²) in [7, 11) is 1.57. The van der Waals surface area contributed by atoms with Crippen molar-refractivity contribution in [1.82, 2.24) is 0 Å². The van der Waals surface area contributed by atoms with Crippen LogP contribution in [0.3, 0.4) is 0 Å². The molecule has 0 unspecified atom stereocenters. The highest BCUT2D eigenvalue weighted by Gasteiger charge is 2.16. The fourth-order valence-electron chi connectivity index (χ4n) is 2.28. The van der Waals surface area contributed by atoms with Crippen LogP contribution in [0.4, 0.5) is 5.69 Å². The monoisotopic (exact) mass is 321 g/mol. The number of para-hydroxylation sites is 1. The molecule has 3 aromatic rings. The predicted molar refractivity (Wildman–Crippen MR) is 89.5 cm³/mol. The summed E-state index contributed by atoms with van der Waals surface area (Å²) in [6, 6.07) is 16.9. The lowest BCUT2D eigenvalue weighted by Crippen LogP contribution is -2.14. The van der Waals surface area contributed by atoms with E-state index in [2.05, 4.69) is 5.32 Å². The van der Waals surface area contributed by atoms with Crippen LogP contribution in [0.1, 0.15) is 26.5 Å². The number of benzene rings is 2. The van der Waals surface area contributed by atoms with E-state index < -0.39 is 5.91 Å². The topological polar surface area (TPSA) is 68.5 Å². The number of ether oxygens (including phenoxy) is 1. The number of hydrogen-bond acceptors (Lipinski definition) is 4. The second kappa shape index (κ2) is 6.83. The number of ketones is 1. The van der Waals surface area contributed by atoms with Crippen molar-refractivity contribution in [3.05, 3.63) is 83.8 Å². The second-order valence-electron chi connectivity index (χ2n) is 5.03. The Morgan fingerprint density at radius 2 is 1.71 bits per heavy atom. The molecule has 0 aliphatic carbocycles. The van der Waals surface area contributed by atoms with E-state index in [1.807, 2.05) is 0 Å². The summed E-state index contributed by atoms with van der Waals surface area (Å²) in [6.07, 6.45) is 1.42. The SMILES string of the molecule is COc1ccc(C(=O)c2ccccc2NC(=O)c2ccco2)cc1. The van der Waals surface area contributed by atoms with E-state index in [1.54, 1.807) is 67.8 Å². The van der Waals surface area contributed by atoms with Crippen molar-refractivity contribution in [2.45, 2.75) is 0 Å². The number of hydrogen-bond donors (Lipinski definition) is 1. The van der Waals surface area contributed by atoms with Crippen LogP contribution in [0, 0.1) is 0 Å². The Kier molecular flexibility index (Phi) is 4.43. The van der Waals surface area contributed by atoms with Gasteiger partial charge in [0.05, 0.1) is 19.1 Å². The van der Waals surface area contributed by atoms with Gasteiger partial charge in [-0.15, -0.1) is 0 Å². The molecule has 1 amide bonds. The standard InChI is InChI=1S/C19H15NO4/c1-23-14-10-8-13(9-11-14)18(21)15-5-2-3-6-16(15)20-19(22)17-7-4-12-24-17/h2-12H,1H3,(H,20,22). The second-order valence-corrected chi connectivity index (χ2v) is 5.03. The van der Waals surface area contributed by atoms with Gasteiger partial charge in [0.1, 0.15) is 5.75 Å². The van der Waals surface area contributed by atoms with Crippen molar-refractivity contribution in [3.63, 3.8) is 0 Å². The molecule has 0 aliphatic heterocycles. The van der Waals surface area contributed by atoms with Crippen LogP contribution in [0.5, 0.6) is 5.75 Å². The average molecular weight is 321 g/mol. The molecule has 2 aromatic carbocycles. The molecule has 5 nitrogen and oxygen atoms in total. The van der Waals surface area contributed by atoms with Crippen LogP contribution >= 0.6 is 0 Å². The summed E-state index contributed by atoms with van der Waals surface area (Å²) in [5, 5.41) is 2.71. The van der Waals surface area contributed by atoms with Gasteiger partial charge in [0.2, 0.25) is 0 Å².